The van der Waals surface area contributed by atoms with Crippen LogP contribution in [0, 0.1) is 0 Å². The summed E-state index contributed by atoms with van der Waals surface area (Å²) in [5.41, 5.74) is 0.996. The zero-order valence-electron chi connectivity index (χ0n) is 13.6. The number of amides is 2. The van der Waals surface area contributed by atoms with Crippen LogP contribution in [0.4, 0.5) is 4.79 Å². The van der Waals surface area contributed by atoms with Gasteiger partial charge in [0.1, 0.15) is 0 Å². The molecule has 1 fully saturated rings. The molecule has 0 bridgehead atoms. The van der Waals surface area contributed by atoms with Gasteiger partial charge in [-0.3, -0.25) is 4.98 Å². The van der Waals surface area contributed by atoms with Crippen molar-refractivity contribution in [3.8, 4) is 0 Å². The molecule has 2 aromatic heterocycles. The molecular formula is C16H18N4O3S2. The summed E-state index contributed by atoms with van der Waals surface area (Å²) >= 11 is 1.37. The van der Waals surface area contributed by atoms with Gasteiger partial charge in [-0.15, -0.1) is 11.3 Å². The highest BCUT2D eigenvalue weighted by Crippen LogP contribution is 2.36. The summed E-state index contributed by atoms with van der Waals surface area (Å²) in [7, 11) is -1.89. The first-order valence-electron chi connectivity index (χ1n) is 7.97. The predicted molar refractivity (Wildman–Crippen MR) is 94.0 cm³/mol. The molecule has 2 aliphatic rings. The van der Waals surface area contributed by atoms with Crippen molar-refractivity contribution in [3.05, 3.63) is 46.4 Å². The number of nitrogens with one attached hydrogen (secondary N) is 1. The van der Waals surface area contributed by atoms with E-state index in [-0.39, 0.29) is 24.5 Å². The molecule has 1 atom stereocenters. The van der Waals surface area contributed by atoms with Gasteiger partial charge in [-0.25, -0.2) is 13.2 Å². The number of pyridine rings is 1. The van der Waals surface area contributed by atoms with Crippen LogP contribution in [0.25, 0.3) is 0 Å². The maximum atomic E-state index is 12.5. The predicted octanol–water partition coefficient (Wildman–Crippen LogP) is 1.63. The molecular weight excluding hydrogens is 360 g/mol. The lowest BCUT2D eigenvalue weighted by molar-refractivity contribution is 0.145. The number of fused-ring (bicyclic) bond motifs is 1. The Labute approximate surface area is 150 Å². The van der Waals surface area contributed by atoms with Gasteiger partial charge in [0.05, 0.1) is 10.9 Å². The SMILES string of the molecule is CN1CC(NC(=O)N2CC(c3ccccn3)C2)c2sccc2S1(=O)=O. The van der Waals surface area contributed by atoms with Crippen LogP contribution in [0.5, 0.6) is 0 Å². The fraction of sp³-hybridized carbons (Fsp3) is 0.375. The van der Waals surface area contributed by atoms with Crippen LogP contribution in [0.2, 0.25) is 0 Å². The standard InChI is InChI=1S/C16H18N4O3S2/c1-19-10-13(15-14(5-7-24-15)25(19,22)23)18-16(21)20-8-11(9-20)12-4-2-3-6-17-12/h2-7,11,13H,8-10H2,1H3,(H,18,21). The van der Waals surface area contributed by atoms with E-state index in [1.54, 1.807) is 22.5 Å². The average Bonchev–Trinajstić information content (AvgIpc) is 3.03. The normalized spacial score (nSPS) is 22.9. The Balaban J connectivity index is 1.43. The van der Waals surface area contributed by atoms with Crippen LogP contribution >= 0.6 is 11.3 Å². The Morgan fingerprint density at radius 1 is 1.28 bits per heavy atom. The van der Waals surface area contributed by atoms with E-state index in [1.807, 2.05) is 18.2 Å². The molecule has 0 radical (unpaired) electrons. The van der Waals surface area contributed by atoms with Crippen molar-refractivity contribution in [2.24, 2.45) is 0 Å². The van der Waals surface area contributed by atoms with Crippen LogP contribution in [-0.4, -0.2) is 55.3 Å². The lowest BCUT2D eigenvalue weighted by atomic mass is 9.96. The molecule has 1 unspecified atom stereocenters. The topological polar surface area (TPSA) is 82.6 Å². The summed E-state index contributed by atoms with van der Waals surface area (Å²) in [5.74, 6) is 0.263. The van der Waals surface area contributed by atoms with E-state index in [2.05, 4.69) is 10.3 Å². The van der Waals surface area contributed by atoms with Gasteiger partial charge >= 0.3 is 6.03 Å². The Hall–Kier alpha value is -1.97. The number of aromatic nitrogens is 1. The van der Waals surface area contributed by atoms with Crippen molar-refractivity contribution < 1.29 is 13.2 Å². The second kappa shape index (κ2) is 6.08. The first-order chi connectivity index (χ1) is 12.0. The first-order valence-corrected chi connectivity index (χ1v) is 10.3. The molecule has 2 aromatic rings. The third-order valence-electron chi connectivity index (χ3n) is 4.67. The molecule has 9 heteroatoms. The Bertz CT molecular complexity index is 891. The fourth-order valence-corrected chi connectivity index (χ4v) is 5.88. The summed E-state index contributed by atoms with van der Waals surface area (Å²) in [6.07, 6.45) is 1.76. The van der Waals surface area contributed by atoms with Gasteiger partial charge in [0.2, 0.25) is 10.0 Å². The molecule has 0 saturated carbocycles. The number of likely N-dealkylation sites (tertiary alicyclic amines) is 1. The van der Waals surface area contributed by atoms with Gasteiger partial charge in [-0.05, 0) is 23.6 Å². The van der Waals surface area contributed by atoms with Crippen molar-refractivity contribution >= 4 is 27.4 Å². The second-order valence-corrected chi connectivity index (χ2v) is 9.25. The second-order valence-electron chi connectivity index (χ2n) is 6.29. The lowest BCUT2D eigenvalue weighted by Crippen LogP contribution is -2.54. The maximum Gasteiger partial charge on any atom is 0.317 e. The van der Waals surface area contributed by atoms with Crippen LogP contribution in [-0.2, 0) is 10.0 Å². The highest BCUT2D eigenvalue weighted by Gasteiger charge is 2.39. The molecule has 2 aliphatic heterocycles. The third kappa shape index (κ3) is 2.82. The minimum atomic E-state index is -3.43. The van der Waals surface area contributed by atoms with Crippen LogP contribution in [0.3, 0.4) is 0 Å². The number of hydrogen-bond donors (Lipinski definition) is 1. The zero-order valence-corrected chi connectivity index (χ0v) is 15.3. The number of thiophene rings is 1. The number of nitrogens with zero attached hydrogens (tertiary/aromatic N) is 3. The quantitative estimate of drug-likeness (QED) is 0.861. The third-order valence-corrected chi connectivity index (χ3v) is 7.72. The Morgan fingerprint density at radius 3 is 2.80 bits per heavy atom. The van der Waals surface area contributed by atoms with Crippen LogP contribution in [0.15, 0.2) is 40.7 Å². The zero-order chi connectivity index (χ0) is 17.6. The van der Waals surface area contributed by atoms with Crippen molar-refractivity contribution in [1.82, 2.24) is 19.5 Å². The van der Waals surface area contributed by atoms with E-state index in [4.69, 9.17) is 0 Å². The van der Waals surface area contributed by atoms with Crippen LogP contribution < -0.4 is 5.32 Å². The van der Waals surface area contributed by atoms with Gasteiger partial charge in [0, 0.05) is 49.4 Å². The Morgan fingerprint density at radius 2 is 2.08 bits per heavy atom. The van der Waals surface area contributed by atoms with E-state index >= 15 is 0 Å². The minimum absolute atomic E-state index is 0.163. The fourth-order valence-electron chi connectivity index (χ4n) is 3.18. The van der Waals surface area contributed by atoms with E-state index in [9.17, 15) is 13.2 Å². The summed E-state index contributed by atoms with van der Waals surface area (Å²) in [4.78, 5) is 19.6. The van der Waals surface area contributed by atoms with E-state index < -0.39 is 10.0 Å². The first kappa shape index (κ1) is 16.5. The number of urea groups is 1. The van der Waals surface area contributed by atoms with Gasteiger partial charge in [0.25, 0.3) is 0 Å². The molecule has 25 heavy (non-hydrogen) atoms. The molecule has 1 saturated heterocycles. The molecule has 0 aromatic carbocycles. The van der Waals surface area contributed by atoms with Crippen molar-refractivity contribution in [3.63, 3.8) is 0 Å². The number of carbonyl (C=O) groups is 1. The smallest absolute Gasteiger partial charge is 0.317 e. The number of likely N-dealkylation sites (N-methyl/N-ethyl adjacent to an activating group) is 1. The van der Waals surface area contributed by atoms with E-state index in [1.165, 1.54) is 22.7 Å². The summed E-state index contributed by atoms with van der Waals surface area (Å²) < 4.78 is 25.9. The van der Waals surface area contributed by atoms with E-state index in [0.717, 1.165) is 5.69 Å². The number of carbonyl (C=O) groups excluding carboxylic acids is 1. The minimum Gasteiger partial charge on any atom is -0.329 e. The monoisotopic (exact) mass is 378 g/mol. The largest absolute Gasteiger partial charge is 0.329 e. The van der Waals surface area contributed by atoms with Crippen LogP contribution in [0.1, 0.15) is 22.5 Å². The van der Waals surface area contributed by atoms with Crippen molar-refractivity contribution in [1.29, 1.82) is 0 Å². The molecule has 4 heterocycles. The molecule has 4 rings (SSSR count). The molecule has 2 amide bonds. The average molecular weight is 378 g/mol. The summed E-state index contributed by atoms with van der Waals surface area (Å²) in [6, 6.07) is 6.92. The van der Waals surface area contributed by atoms with Crippen molar-refractivity contribution in [2.45, 2.75) is 16.9 Å². The number of hydrogen-bond acceptors (Lipinski definition) is 5. The summed E-state index contributed by atoms with van der Waals surface area (Å²) in [5, 5.41) is 4.73. The highest BCUT2D eigenvalue weighted by molar-refractivity contribution is 7.89. The van der Waals surface area contributed by atoms with Gasteiger partial charge in [-0.1, -0.05) is 6.07 Å². The highest BCUT2D eigenvalue weighted by atomic mass is 32.2. The van der Waals surface area contributed by atoms with Gasteiger partial charge in [-0.2, -0.15) is 4.31 Å². The lowest BCUT2D eigenvalue weighted by Gasteiger charge is -2.40. The van der Waals surface area contributed by atoms with Gasteiger partial charge < -0.3 is 10.2 Å². The summed E-state index contributed by atoms with van der Waals surface area (Å²) in [6.45, 7) is 1.50. The molecule has 7 nitrogen and oxygen atoms in total. The van der Waals surface area contributed by atoms with E-state index in [0.29, 0.717) is 22.9 Å². The van der Waals surface area contributed by atoms with Crippen molar-refractivity contribution in [2.75, 3.05) is 26.7 Å². The Kier molecular flexibility index (Phi) is 4.01. The molecule has 0 spiro atoms. The molecule has 132 valence electrons. The molecule has 0 aliphatic carbocycles. The number of rotatable bonds is 2. The van der Waals surface area contributed by atoms with Gasteiger partial charge in [0.15, 0.2) is 0 Å². The number of sulfonamides is 1. The molecule has 1 N–H and O–H groups in total. The maximum absolute atomic E-state index is 12.5.